The van der Waals surface area contributed by atoms with Gasteiger partial charge in [-0.15, -0.1) is 0 Å². The highest BCUT2D eigenvalue weighted by Crippen LogP contribution is 2.31. The number of nitrogens with zero attached hydrogens (tertiary/aromatic N) is 1. The normalized spacial score (nSPS) is 10.9. The molecule has 0 aliphatic rings. The molecule has 3 aromatic rings. The van der Waals surface area contributed by atoms with Gasteiger partial charge >= 0.3 is 5.97 Å². The van der Waals surface area contributed by atoms with Crippen LogP contribution in [-0.2, 0) is 6.42 Å². The predicted molar refractivity (Wildman–Crippen MR) is 102 cm³/mol. The van der Waals surface area contributed by atoms with Crippen molar-refractivity contribution in [3.05, 3.63) is 65.7 Å². The van der Waals surface area contributed by atoms with Crippen LogP contribution in [0.3, 0.4) is 0 Å². The van der Waals surface area contributed by atoms with E-state index >= 15 is 0 Å². The van der Waals surface area contributed by atoms with Crippen molar-refractivity contribution in [2.24, 2.45) is 0 Å². The summed E-state index contributed by atoms with van der Waals surface area (Å²) in [7, 11) is 0. The van der Waals surface area contributed by atoms with Gasteiger partial charge in [0.1, 0.15) is 0 Å². The molecule has 128 valence electrons. The van der Waals surface area contributed by atoms with Crippen LogP contribution in [0.15, 0.2) is 54.6 Å². The van der Waals surface area contributed by atoms with Gasteiger partial charge in [-0.1, -0.05) is 74.7 Å². The van der Waals surface area contributed by atoms with Gasteiger partial charge in [-0.05, 0) is 24.5 Å². The van der Waals surface area contributed by atoms with E-state index in [4.69, 9.17) is 4.98 Å². The number of rotatable bonds is 7. The molecule has 1 aromatic heterocycles. The van der Waals surface area contributed by atoms with Gasteiger partial charge in [-0.2, -0.15) is 0 Å². The average Bonchev–Trinajstić information content (AvgIpc) is 2.64. The summed E-state index contributed by atoms with van der Waals surface area (Å²) in [5.74, 6) is -0.874. The Balaban J connectivity index is 2.19. The van der Waals surface area contributed by atoms with E-state index in [0.29, 0.717) is 5.56 Å². The lowest BCUT2D eigenvalue weighted by atomic mass is 9.93. The number of pyridine rings is 1. The fourth-order valence-electron chi connectivity index (χ4n) is 3.30. The molecule has 0 saturated heterocycles. The molecule has 0 radical (unpaired) electrons. The SMILES string of the molecule is CCCCCCc1c(-c2ccccc2)nc2ccccc2c1C(=O)O. The number of unbranched alkanes of at least 4 members (excludes halogenated alkanes) is 3. The second-order valence-electron chi connectivity index (χ2n) is 6.31. The van der Waals surface area contributed by atoms with Crippen molar-refractivity contribution in [2.45, 2.75) is 39.0 Å². The first-order valence-corrected chi connectivity index (χ1v) is 8.92. The lowest BCUT2D eigenvalue weighted by Gasteiger charge is -2.15. The summed E-state index contributed by atoms with van der Waals surface area (Å²) in [6.45, 7) is 2.18. The van der Waals surface area contributed by atoms with Crippen molar-refractivity contribution < 1.29 is 9.90 Å². The molecular formula is C22H23NO2. The lowest BCUT2D eigenvalue weighted by Crippen LogP contribution is -2.08. The molecule has 0 spiro atoms. The third-order valence-corrected chi connectivity index (χ3v) is 4.53. The first-order chi connectivity index (χ1) is 12.2. The number of carboxylic acid groups (broad SMARTS) is 1. The van der Waals surface area contributed by atoms with Crippen LogP contribution >= 0.6 is 0 Å². The molecule has 3 heteroatoms. The van der Waals surface area contributed by atoms with Crippen LogP contribution < -0.4 is 0 Å². The number of para-hydroxylation sites is 1. The zero-order chi connectivity index (χ0) is 17.6. The second kappa shape index (κ2) is 7.93. The van der Waals surface area contributed by atoms with Crippen molar-refractivity contribution >= 4 is 16.9 Å². The highest BCUT2D eigenvalue weighted by Gasteiger charge is 2.20. The van der Waals surface area contributed by atoms with Gasteiger partial charge < -0.3 is 5.11 Å². The van der Waals surface area contributed by atoms with E-state index in [1.165, 1.54) is 6.42 Å². The van der Waals surface area contributed by atoms with E-state index < -0.39 is 5.97 Å². The first kappa shape index (κ1) is 17.2. The van der Waals surface area contributed by atoms with E-state index in [0.717, 1.165) is 53.4 Å². The molecule has 25 heavy (non-hydrogen) atoms. The summed E-state index contributed by atoms with van der Waals surface area (Å²) in [5.41, 5.74) is 3.76. The van der Waals surface area contributed by atoms with Crippen LogP contribution in [0.4, 0.5) is 0 Å². The lowest BCUT2D eigenvalue weighted by molar-refractivity contribution is 0.0698. The molecule has 3 rings (SSSR count). The summed E-state index contributed by atoms with van der Waals surface area (Å²) in [4.78, 5) is 16.9. The third kappa shape index (κ3) is 3.71. The van der Waals surface area contributed by atoms with Gasteiger partial charge in [-0.25, -0.2) is 9.78 Å². The Kier molecular flexibility index (Phi) is 5.44. The van der Waals surface area contributed by atoms with Crippen molar-refractivity contribution in [2.75, 3.05) is 0 Å². The molecule has 2 aromatic carbocycles. The van der Waals surface area contributed by atoms with Gasteiger partial charge in [0.25, 0.3) is 0 Å². The van der Waals surface area contributed by atoms with Gasteiger partial charge in [-0.3, -0.25) is 0 Å². The quantitative estimate of drug-likeness (QED) is 0.562. The Morgan fingerprint density at radius 2 is 1.68 bits per heavy atom. The number of hydrogen-bond donors (Lipinski definition) is 1. The molecular weight excluding hydrogens is 310 g/mol. The number of carboxylic acids is 1. The van der Waals surface area contributed by atoms with Crippen LogP contribution in [0, 0.1) is 0 Å². The fourth-order valence-corrected chi connectivity index (χ4v) is 3.30. The number of carbonyl (C=O) groups is 1. The summed E-state index contributed by atoms with van der Waals surface area (Å²) in [5, 5.41) is 10.6. The third-order valence-electron chi connectivity index (χ3n) is 4.53. The largest absolute Gasteiger partial charge is 0.478 e. The van der Waals surface area contributed by atoms with E-state index in [-0.39, 0.29) is 0 Å². The minimum Gasteiger partial charge on any atom is -0.478 e. The minimum atomic E-state index is -0.874. The summed E-state index contributed by atoms with van der Waals surface area (Å²) < 4.78 is 0. The Morgan fingerprint density at radius 3 is 2.40 bits per heavy atom. The van der Waals surface area contributed by atoms with E-state index in [1.54, 1.807) is 0 Å². The van der Waals surface area contributed by atoms with Crippen LogP contribution in [0.2, 0.25) is 0 Å². The summed E-state index contributed by atoms with van der Waals surface area (Å²) in [6.07, 6.45) is 5.16. The smallest absolute Gasteiger partial charge is 0.336 e. The first-order valence-electron chi connectivity index (χ1n) is 8.92. The maximum atomic E-state index is 12.1. The molecule has 3 nitrogen and oxygen atoms in total. The van der Waals surface area contributed by atoms with Crippen molar-refractivity contribution in [3.63, 3.8) is 0 Å². The number of benzene rings is 2. The molecule has 0 aliphatic heterocycles. The standard InChI is InChI=1S/C22H23NO2/c1-2-3-4-8-14-18-20(22(24)25)17-13-9-10-15-19(17)23-21(18)16-11-6-5-7-12-16/h5-7,9-13,15H,2-4,8,14H2,1H3,(H,24,25). The molecule has 1 N–H and O–H groups in total. The molecule has 0 aliphatic carbocycles. The van der Waals surface area contributed by atoms with Crippen LogP contribution in [0.5, 0.6) is 0 Å². The van der Waals surface area contributed by atoms with Crippen molar-refractivity contribution in [1.82, 2.24) is 4.98 Å². The van der Waals surface area contributed by atoms with Gasteiger partial charge in [0.2, 0.25) is 0 Å². The molecule has 0 amide bonds. The fraction of sp³-hybridized carbons (Fsp3) is 0.273. The Morgan fingerprint density at radius 1 is 0.960 bits per heavy atom. The van der Waals surface area contributed by atoms with Gasteiger partial charge in [0.15, 0.2) is 0 Å². The minimum absolute atomic E-state index is 0.404. The van der Waals surface area contributed by atoms with Crippen LogP contribution in [-0.4, -0.2) is 16.1 Å². The average molecular weight is 333 g/mol. The number of fused-ring (bicyclic) bond motifs is 1. The zero-order valence-corrected chi connectivity index (χ0v) is 14.5. The predicted octanol–water partition coefficient (Wildman–Crippen LogP) is 5.72. The zero-order valence-electron chi connectivity index (χ0n) is 14.5. The van der Waals surface area contributed by atoms with Crippen LogP contribution in [0.1, 0.15) is 48.5 Å². The van der Waals surface area contributed by atoms with Gasteiger partial charge in [0.05, 0.1) is 16.8 Å². The van der Waals surface area contributed by atoms with E-state index in [2.05, 4.69) is 6.92 Å². The monoisotopic (exact) mass is 333 g/mol. The summed E-state index contributed by atoms with van der Waals surface area (Å²) >= 11 is 0. The molecule has 0 fully saturated rings. The molecule has 0 unspecified atom stereocenters. The van der Waals surface area contributed by atoms with E-state index in [1.807, 2.05) is 54.6 Å². The Hall–Kier alpha value is -2.68. The number of hydrogen-bond acceptors (Lipinski definition) is 2. The van der Waals surface area contributed by atoms with Gasteiger partial charge in [0, 0.05) is 10.9 Å². The Labute approximate surface area is 148 Å². The highest BCUT2D eigenvalue weighted by molar-refractivity contribution is 6.05. The Bertz CT molecular complexity index is 872. The molecule has 0 atom stereocenters. The number of aromatic carboxylic acids is 1. The summed E-state index contributed by atoms with van der Waals surface area (Å²) in [6, 6.07) is 17.4. The van der Waals surface area contributed by atoms with Crippen molar-refractivity contribution in [3.8, 4) is 11.3 Å². The second-order valence-corrected chi connectivity index (χ2v) is 6.31. The topological polar surface area (TPSA) is 50.2 Å². The highest BCUT2D eigenvalue weighted by atomic mass is 16.4. The molecule has 1 heterocycles. The van der Waals surface area contributed by atoms with Crippen molar-refractivity contribution in [1.29, 1.82) is 0 Å². The molecule has 0 saturated carbocycles. The molecule has 0 bridgehead atoms. The number of aromatic nitrogens is 1. The van der Waals surface area contributed by atoms with E-state index in [9.17, 15) is 9.90 Å². The van der Waals surface area contributed by atoms with Crippen LogP contribution in [0.25, 0.3) is 22.2 Å². The maximum Gasteiger partial charge on any atom is 0.336 e. The maximum absolute atomic E-state index is 12.1.